The van der Waals surface area contributed by atoms with Crippen molar-refractivity contribution in [1.29, 1.82) is 0 Å². The van der Waals surface area contributed by atoms with E-state index in [2.05, 4.69) is 16.8 Å². The molecule has 2 fully saturated rings. The average Bonchev–Trinajstić information content (AvgIpc) is 3.02. The minimum Gasteiger partial charge on any atom is -0.383 e. The molecule has 2 aliphatic heterocycles. The van der Waals surface area contributed by atoms with E-state index in [-0.39, 0.29) is 27.9 Å². The molecule has 0 radical (unpaired) electrons. The zero-order valence-electron chi connectivity index (χ0n) is 16.0. The summed E-state index contributed by atoms with van der Waals surface area (Å²) >= 11 is 0. The first-order chi connectivity index (χ1) is 13.3. The van der Waals surface area contributed by atoms with Gasteiger partial charge in [0.25, 0.3) is 5.56 Å². The van der Waals surface area contributed by atoms with Crippen LogP contribution in [0.5, 0.6) is 0 Å². The highest BCUT2D eigenvalue weighted by molar-refractivity contribution is 5.74. The topological polar surface area (TPSA) is 73.4 Å². The van der Waals surface area contributed by atoms with Gasteiger partial charge in [-0.3, -0.25) is 9.36 Å². The lowest BCUT2D eigenvalue weighted by Gasteiger charge is -2.39. The lowest BCUT2D eigenvalue weighted by molar-refractivity contribution is 0.0974. The molecule has 8 heteroatoms. The number of nitrogen functional groups attached to an aromatic ring is 1. The van der Waals surface area contributed by atoms with Crippen molar-refractivity contribution in [1.82, 2.24) is 9.55 Å². The predicted molar refractivity (Wildman–Crippen MR) is 103 cm³/mol. The molecule has 4 rings (SSSR count). The van der Waals surface area contributed by atoms with Gasteiger partial charge in [0.05, 0.1) is 18.3 Å². The summed E-state index contributed by atoms with van der Waals surface area (Å²) in [5, 5.41) is 0. The van der Waals surface area contributed by atoms with Crippen LogP contribution in [-0.2, 0) is 11.8 Å². The van der Waals surface area contributed by atoms with Gasteiger partial charge in [0, 0.05) is 20.1 Å². The second-order valence-corrected chi connectivity index (χ2v) is 7.98. The van der Waals surface area contributed by atoms with Crippen LogP contribution in [0.25, 0.3) is 11.1 Å². The van der Waals surface area contributed by atoms with Crippen molar-refractivity contribution in [2.45, 2.75) is 32.3 Å². The van der Waals surface area contributed by atoms with E-state index >= 15 is 0 Å². The molecular weight excluding hydrogens is 366 g/mol. The zero-order valence-corrected chi connectivity index (χ0v) is 16.0. The van der Waals surface area contributed by atoms with Crippen LogP contribution in [0.1, 0.15) is 26.2 Å². The number of anilines is 2. The van der Waals surface area contributed by atoms with Gasteiger partial charge in [-0.25, -0.2) is 8.78 Å². The number of nitrogens with zero attached hydrogens (tertiary/aromatic N) is 3. The first-order valence-corrected chi connectivity index (χ1v) is 9.48. The Kier molecular flexibility index (Phi) is 4.61. The summed E-state index contributed by atoms with van der Waals surface area (Å²) in [5.74, 6) is -1.49. The summed E-state index contributed by atoms with van der Waals surface area (Å²) in [5.41, 5.74) is 6.19. The van der Waals surface area contributed by atoms with E-state index in [0.717, 1.165) is 51.1 Å². The first-order valence-electron chi connectivity index (χ1n) is 9.48. The molecule has 1 atom stereocenters. The third kappa shape index (κ3) is 3.15. The number of rotatable bonds is 2. The number of benzene rings is 1. The molecule has 3 heterocycles. The van der Waals surface area contributed by atoms with Crippen molar-refractivity contribution < 1.29 is 13.5 Å². The number of ether oxygens (including phenoxy) is 1. The van der Waals surface area contributed by atoms with E-state index < -0.39 is 11.6 Å². The Balaban J connectivity index is 1.63. The lowest BCUT2D eigenvalue weighted by Crippen LogP contribution is -2.43. The highest BCUT2D eigenvalue weighted by Crippen LogP contribution is 2.42. The van der Waals surface area contributed by atoms with Gasteiger partial charge in [-0.2, -0.15) is 4.98 Å². The van der Waals surface area contributed by atoms with Gasteiger partial charge in [-0.15, -0.1) is 0 Å². The maximum Gasteiger partial charge on any atom is 0.264 e. The number of hydrogen-bond acceptors (Lipinski definition) is 5. The molecule has 0 aliphatic carbocycles. The molecule has 6 nitrogen and oxygen atoms in total. The summed E-state index contributed by atoms with van der Waals surface area (Å²) in [6.45, 7) is 4.41. The number of aromatic nitrogens is 2. The first kappa shape index (κ1) is 18.9. The highest BCUT2D eigenvalue weighted by atomic mass is 19.2. The summed E-state index contributed by atoms with van der Waals surface area (Å²) < 4.78 is 34.0. The number of nitrogens with two attached hydrogens (primary N) is 1. The molecule has 2 saturated heterocycles. The maximum absolute atomic E-state index is 13.6. The van der Waals surface area contributed by atoms with Crippen molar-refractivity contribution in [2.24, 2.45) is 12.5 Å². The van der Waals surface area contributed by atoms with Crippen LogP contribution in [0.2, 0.25) is 0 Å². The number of hydrogen-bond donors (Lipinski definition) is 1. The highest BCUT2D eigenvalue weighted by Gasteiger charge is 2.41. The predicted octanol–water partition coefficient (Wildman–Crippen LogP) is 2.70. The van der Waals surface area contributed by atoms with Crippen LogP contribution in [0.15, 0.2) is 23.0 Å². The largest absolute Gasteiger partial charge is 0.383 e. The van der Waals surface area contributed by atoms with Crippen LogP contribution < -0.4 is 16.2 Å². The normalized spacial score (nSPS) is 21.4. The molecule has 2 aromatic rings. The van der Waals surface area contributed by atoms with E-state index in [1.54, 1.807) is 7.05 Å². The van der Waals surface area contributed by atoms with Crippen LogP contribution >= 0.6 is 0 Å². The molecule has 150 valence electrons. The average molecular weight is 390 g/mol. The van der Waals surface area contributed by atoms with Crippen molar-refractivity contribution in [3.63, 3.8) is 0 Å². The minimum atomic E-state index is -1.03. The molecule has 1 spiro atoms. The lowest BCUT2D eigenvalue weighted by atomic mass is 9.77. The number of halogens is 2. The van der Waals surface area contributed by atoms with Gasteiger partial charge in [-0.1, -0.05) is 6.07 Å². The summed E-state index contributed by atoms with van der Waals surface area (Å²) in [7, 11) is 1.62. The summed E-state index contributed by atoms with van der Waals surface area (Å²) in [6, 6.07) is 3.28. The molecule has 0 bridgehead atoms. The van der Waals surface area contributed by atoms with Gasteiger partial charge >= 0.3 is 0 Å². The molecule has 0 unspecified atom stereocenters. The molecule has 2 N–H and O–H groups in total. The molecule has 0 saturated carbocycles. The summed E-state index contributed by atoms with van der Waals surface area (Å²) in [6.07, 6.45) is 3.29. The van der Waals surface area contributed by atoms with Crippen molar-refractivity contribution in [2.75, 3.05) is 30.3 Å². The smallest absolute Gasteiger partial charge is 0.264 e. The van der Waals surface area contributed by atoms with Gasteiger partial charge in [0.15, 0.2) is 11.6 Å². The third-order valence-electron chi connectivity index (χ3n) is 6.00. The van der Waals surface area contributed by atoms with E-state index in [1.807, 2.05) is 0 Å². The van der Waals surface area contributed by atoms with Crippen LogP contribution in [0.3, 0.4) is 0 Å². The molecule has 28 heavy (non-hydrogen) atoms. The minimum absolute atomic E-state index is 0.0159. The Morgan fingerprint density at radius 3 is 2.57 bits per heavy atom. The van der Waals surface area contributed by atoms with Crippen molar-refractivity contribution >= 4 is 11.8 Å². The van der Waals surface area contributed by atoms with Gasteiger partial charge in [0.1, 0.15) is 5.82 Å². The van der Waals surface area contributed by atoms with E-state index in [0.29, 0.717) is 12.1 Å². The quantitative estimate of drug-likeness (QED) is 0.854. The van der Waals surface area contributed by atoms with E-state index in [4.69, 9.17) is 10.5 Å². The SMILES string of the molecule is C[C@H]1CC2(CCN(c3nc(N)c(-c4ccc(F)c(F)c4)c(=O)n3C)CC2)CO1. The fraction of sp³-hybridized carbons (Fsp3) is 0.500. The zero-order chi connectivity index (χ0) is 20.1. The standard InChI is InChI=1S/C20H24F2N4O2/c1-12-10-20(11-28-12)5-7-26(8-6-20)19-24-17(23)16(18(27)25(19)2)13-3-4-14(21)15(22)9-13/h3-4,9,12H,5-8,10-11,23H2,1-2H3/t12-/m0/s1. The fourth-order valence-electron chi connectivity index (χ4n) is 4.39. The van der Waals surface area contributed by atoms with E-state index in [9.17, 15) is 13.6 Å². The fourth-order valence-corrected chi connectivity index (χ4v) is 4.39. The molecule has 0 amide bonds. The Morgan fingerprint density at radius 2 is 1.96 bits per heavy atom. The van der Waals surface area contributed by atoms with Crippen LogP contribution in [0.4, 0.5) is 20.5 Å². The van der Waals surface area contributed by atoms with Gasteiger partial charge in [-0.05, 0) is 49.3 Å². The van der Waals surface area contributed by atoms with Gasteiger partial charge in [0.2, 0.25) is 5.95 Å². The Bertz CT molecular complexity index is 967. The van der Waals surface area contributed by atoms with Crippen molar-refractivity contribution in [3.8, 4) is 11.1 Å². The Morgan fingerprint density at radius 1 is 1.25 bits per heavy atom. The molecule has 2 aliphatic rings. The monoisotopic (exact) mass is 390 g/mol. The Hall–Kier alpha value is -2.48. The molecule has 1 aromatic heterocycles. The Labute approximate surface area is 161 Å². The van der Waals surface area contributed by atoms with Crippen LogP contribution in [-0.4, -0.2) is 35.4 Å². The second-order valence-electron chi connectivity index (χ2n) is 7.98. The molecular formula is C20H24F2N4O2. The van der Waals surface area contributed by atoms with Crippen molar-refractivity contribution in [3.05, 3.63) is 40.2 Å². The maximum atomic E-state index is 13.6. The van der Waals surface area contributed by atoms with Crippen LogP contribution in [0, 0.1) is 17.0 Å². The van der Waals surface area contributed by atoms with E-state index in [1.165, 1.54) is 10.6 Å². The summed E-state index contributed by atoms with van der Waals surface area (Å²) in [4.78, 5) is 19.4. The third-order valence-corrected chi connectivity index (χ3v) is 6.00. The second kappa shape index (κ2) is 6.84. The number of piperidine rings is 1. The van der Waals surface area contributed by atoms with Gasteiger partial charge < -0.3 is 15.4 Å². The molecule has 1 aromatic carbocycles.